The Morgan fingerprint density at radius 1 is 1.14 bits per heavy atom. The van der Waals surface area contributed by atoms with Crippen LogP contribution in [0.15, 0.2) is 59.7 Å². The number of hydrogen-bond acceptors (Lipinski definition) is 3. The Hall–Kier alpha value is -2.95. The van der Waals surface area contributed by atoms with Crippen molar-refractivity contribution in [3.8, 4) is 0 Å². The molecule has 0 atom stereocenters. The summed E-state index contributed by atoms with van der Waals surface area (Å²) in [5.74, 6) is -0.106. The van der Waals surface area contributed by atoms with Crippen LogP contribution in [0.3, 0.4) is 0 Å². The second kappa shape index (κ2) is 5.58. The van der Waals surface area contributed by atoms with Crippen LogP contribution in [0.1, 0.15) is 5.56 Å². The van der Waals surface area contributed by atoms with E-state index >= 15 is 0 Å². The van der Waals surface area contributed by atoms with E-state index in [1.54, 1.807) is 18.2 Å². The number of hydrogen-bond donors (Lipinski definition) is 2. The van der Waals surface area contributed by atoms with Gasteiger partial charge in [0.05, 0.1) is 23.7 Å². The number of benzene rings is 2. The van der Waals surface area contributed by atoms with Gasteiger partial charge in [0.1, 0.15) is 0 Å². The van der Waals surface area contributed by atoms with E-state index in [4.69, 9.17) is 0 Å². The van der Waals surface area contributed by atoms with Gasteiger partial charge in [0.25, 0.3) is 5.56 Å². The minimum absolute atomic E-state index is 0.106. The molecule has 0 saturated heterocycles. The molecular weight excluding hydrogens is 266 g/mol. The van der Waals surface area contributed by atoms with Crippen molar-refractivity contribution < 1.29 is 4.79 Å². The van der Waals surface area contributed by atoms with E-state index in [1.165, 1.54) is 6.33 Å². The zero-order chi connectivity index (χ0) is 14.7. The fraction of sp³-hybridized carbons (Fsp3) is 0.0625. The smallest absolute Gasteiger partial charge is 0.258 e. The van der Waals surface area contributed by atoms with Gasteiger partial charge in [-0.2, -0.15) is 0 Å². The summed E-state index contributed by atoms with van der Waals surface area (Å²) >= 11 is 0. The molecule has 0 aliphatic heterocycles. The molecule has 3 aromatic rings. The molecule has 1 aromatic heterocycles. The van der Waals surface area contributed by atoms with E-state index < -0.39 is 0 Å². The normalized spacial score (nSPS) is 10.5. The number of carbonyl (C=O) groups excluding carboxylic acids is 1. The van der Waals surface area contributed by atoms with E-state index in [9.17, 15) is 9.59 Å². The predicted octanol–water partition coefficient (Wildman–Crippen LogP) is 2.10. The van der Waals surface area contributed by atoms with Gasteiger partial charge in [-0.05, 0) is 23.8 Å². The number of H-pyrrole nitrogens is 1. The first kappa shape index (κ1) is 13.1. The average Bonchev–Trinajstić information content (AvgIpc) is 2.48. The van der Waals surface area contributed by atoms with E-state index in [1.807, 2.05) is 30.3 Å². The molecule has 0 unspecified atom stereocenters. The maximum absolute atomic E-state index is 12.0. The fourth-order valence-electron chi connectivity index (χ4n) is 2.13. The Bertz CT molecular complexity index is 841. The zero-order valence-corrected chi connectivity index (χ0v) is 11.2. The highest BCUT2D eigenvalue weighted by atomic mass is 16.1. The summed E-state index contributed by atoms with van der Waals surface area (Å²) in [7, 11) is 0. The highest BCUT2D eigenvalue weighted by Crippen LogP contribution is 2.14. The number of nitrogens with one attached hydrogen (secondary N) is 2. The Labute approximate surface area is 120 Å². The molecule has 2 aromatic carbocycles. The van der Waals surface area contributed by atoms with Crippen molar-refractivity contribution in [3.63, 3.8) is 0 Å². The maximum Gasteiger partial charge on any atom is 0.258 e. The summed E-state index contributed by atoms with van der Waals surface area (Å²) in [6.45, 7) is 0. The Balaban J connectivity index is 1.79. The van der Waals surface area contributed by atoms with E-state index in [-0.39, 0.29) is 11.5 Å². The van der Waals surface area contributed by atoms with Crippen LogP contribution in [0.5, 0.6) is 0 Å². The lowest BCUT2D eigenvalue weighted by atomic mass is 10.1. The van der Waals surface area contributed by atoms with E-state index in [0.29, 0.717) is 23.0 Å². The van der Waals surface area contributed by atoms with Crippen LogP contribution in [0, 0.1) is 0 Å². The van der Waals surface area contributed by atoms with Gasteiger partial charge >= 0.3 is 0 Å². The Morgan fingerprint density at radius 3 is 2.76 bits per heavy atom. The first-order valence-electron chi connectivity index (χ1n) is 6.53. The third kappa shape index (κ3) is 2.97. The standard InChI is InChI=1S/C16H13N3O2/c20-15(8-11-4-2-1-3-5-11)19-12-6-7-13-14(9-12)17-10-18-16(13)21/h1-7,9-10H,8H2,(H,19,20)(H,17,18,21). The number of amides is 1. The minimum Gasteiger partial charge on any atom is -0.326 e. The summed E-state index contributed by atoms with van der Waals surface area (Å²) in [5.41, 5.74) is 1.94. The molecule has 0 saturated carbocycles. The van der Waals surface area contributed by atoms with Crippen LogP contribution < -0.4 is 10.9 Å². The van der Waals surface area contributed by atoms with E-state index in [0.717, 1.165) is 5.56 Å². The molecule has 104 valence electrons. The molecule has 2 N–H and O–H groups in total. The van der Waals surface area contributed by atoms with Gasteiger partial charge in [0, 0.05) is 5.69 Å². The summed E-state index contributed by atoms with van der Waals surface area (Å²) in [4.78, 5) is 30.2. The summed E-state index contributed by atoms with van der Waals surface area (Å²) in [5, 5.41) is 3.31. The van der Waals surface area contributed by atoms with Crippen LogP contribution in [-0.4, -0.2) is 15.9 Å². The lowest BCUT2D eigenvalue weighted by molar-refractivity contribution is -0.115. The fourth-order valence-corrected chi connectivity index (χ4v) is 2.13. The second-order valence-corrected chi connectivity index (χ2v) is 4.67. The van der Waals surface area contributed by atoms with Gasteiger partial charge in [-0.15, -0.1) is 0 Å². The molecule has 0 spiro atoms. The highest BCUT2D eigenvalue weighted by molar-refractivity contribution is 5.94. The molecule has 3 rings (SSSR count). The Kier molecular flexibility index (Phi) is 3.47. The molecule has 1 amide bonds. The van der Waals surface area contributed by atoms with Gasteiger partial charge in [0.2, 0.25) is 5.91 Å². The number of aromatic amines is 1. The van der Waals surface area contributed by atoms with Gasteiger partial charge in [0.15, 0.2) is 0 Å². The summed E-state index contributed by atoms with van der Waals surface area (Å²) in [6.07, 6.45) is 1.65. The topological polar surface area (TPSA) is 74.8 Å². The van der Waals surface area contributed by atoms with Gasteiger partial charge in [-0.25, -0.2) is 4.98 Å². The van der Waals surface area contributed by atoms with Crippen molar-refractivity contribution in [2.75, 3.05) is 5.32 Å². The first-order valence-corrected chi connectivity index (χ1v) is 6.53. The van der Waals surface area contributed by atoms with Crippen molar-refractivity contribution in [1.29, 1.82) is 0 Å². The lowest BCUT2D eigenvalue weighted by Crippen LogP contribution is -2.14. The van der Waals surface area contributed by atoms with Gasteiger partial charge < -0.3 is 10.3 Å². The quantitative estimate of drug-likeness (QED) is 0.771. The number of fused-ring (bicyclic) bond motifs is 1. The number of rotatable bonds is 3. The van der Waals surface area contributed by atoms with Crippen molar-refractivity contribution >= 4 is 22.5 Å². The van der Waals surface area contributed by atoms with Crippen LogP contribution in [0.4, 0.5) is 5.69 Å². The molecule has 0 aliphatic carbocycles. The predicted molar refractivity (Wildman–Crippen MR) is 81.1 cm³/mol. The molecule has 1 heterocycles. The maximum atomic E-state index is 12.0. The van der Waals surface area contributed by atoms with Crippen molar-refractivity contribution in [2.24, 2.45) is 0 Å². The zero-order valence-electron chi connectivity index (χ0n) is 11.2. The minimum atomic E-state index is -0.192. The molecule has 0 aliphatic rings. The van der Waals surface area contributed by atoms with Gasteiger partial charge in [-0.3, -0.25) is 9.59 Å². The SMILES string of the molecule is O=C(Cc1ccccc1)Nc1ccc2c(=O)[nH]cnc2c1. The number of anilines is 1. The second-order valence-electron chi connectivity index (χ2n) is 4.67. The number of carbonyl (C=O) groups is 1. The molecule has 0 bridgehead atoms. The van der Waals surface area contributed by atoms with Crippen LogP contribution >= 0.6 is 0 Å². The molecule has 21 heavy (non-hydrogen) atoms. The number of nitrogens with zero attached hydrogens (tertiary/aromatic N) is 1. The lowest BCUT2D eigenvalue weighted by Gasteiger charge is -2.06. The van der Waals surface area contributed by atoms with Crippen LogP contribution in [-0.2, 0) is 11.2 Å². The third-order valence-electron chi connectivity index (χ3n) is 3.13. The molecule has 5 heteroatoms. The molecule has 5 nitrogen and oxygen atoms in total. The molecular formula is C16H13N3O2. The van der Waals surface area contributed by atoms with Crippen LogP contribution in [0.2, 0.25) is 0 Å². The molecule has 0 radical (unpaired) electrons. The first-order chi connectivity index (χ1) is 10.2. The molecule has 0 fully saturated rings. The summed E-state index contributed by atoms with van der Waals surface area (Å²) in [6, 6.07) is 14.6. The van der Waals surface area contributed by atoms with Gasteiger partial charge in [-0.1, -0.05) is 30.3 Å². The Morgan fingerprint density at radius 2 is 1.95 bits per heavy atom. The van der Waals surface area contributed by atoms with Crippen molar-refractivity contribution in [1.82, 2.24) is 9.97 Å². The van der Waals surface area contributed by atoms with Crippen molar-refractivity contribution in [2.45, 2.75) is 6.42 Å². The highest BCUT2D eigenvalue weighted by Gasteiger charge is 2.06. The average molecular weight is 279 g/mol. The monoisotopic (exact) mass is 279 g/mol. The van der Waals surface area contributed by atoms with Crippen molar-refractivity contribution in [3.05, 3.63) is 70.8 Å². The summed E-state index contributed by atoms with van der Waals surface area (Å²) < 4.78 is 0. The largest absolute Gasteiger partial charge is 0.326 e. The third-order valence-corrected chi connectivity index (χ3v) is 3.13. The van der Waals surface area contributed by atoms with Crippen LogP contribution in [0.25, 0.3) is 10.9 Å². The number of aromatic nitrogens is 2. The van der Waals surface area contributed by atoms with E-state index in [2.05, 4.69) is 15.3 Å².